The van der Waals surface area contributed by atoms with Gasteiger partial charge in [0.25, 0.3) is 0 Å². The van der Waals surface area contributed by atoms with Crippen LogP contribution in [0.5, 0.6) is 5.75 Å². The van der Waals surface area contributed by atoms with Crippen molar-refractivity contribution >= 4 is 28.5 Å². The first-order valence-electron chi connectivity index (χ1n) is 8.79. The highest BCUT2D eigenvalue weighted by atomic mass is 16.5. The van der Waals surface area contributed by atoms with E-state index in [2.05, 4.69) is 5.48 Å². The molecule has 0 aliphatic carbocycles. The van der Waals surface area contributed by atoms with E-state index in [0.717, 1.165) is 16.9 Å². The molecule has 2 aromatic carbocycles. The second-order valence-corrected chi connectivity index (χ2v) is 6.56. The lowest BCUT2D eigenvalue weighted by molar-refractivity contribution is -0.142. The van der Waals surface area contributed by atoms with Crippen molar-refractivity contribution in [3.8, 4) is 11.4 Å². The molecule has 0 atom stereocenters. The fraction of sp³-hybridized carbons (Fsp3) is 0.238. The largest absolute Gasteiger partial charge is 0.461 e. The summed E-state index contributed by atoms with van der Waals surface area (Å²) >= 11 is 0. The summed E-state index contributed by atoms with van der Waals surface area (Å²) in [6, 6.07) is 11.3. The summed E-state index contributed by atoms with van der Waals surface area (Å²) in [6.45, 7) is 6.41. The van der Waals surface area contributed by atoms with Gasteiger partial charge in [0.1, 0.15) is 12.4 Å². The highest BCUT2D eigenvalue weighted by molar-refractivity contribution is 5.99. The van der Waals surface area contributed by atoms with Crippen molar-refractivity contribution in [2.45, 2.75) is 34.3 Å². The fourth-order valence-electron chi connectivity index (χ4n) is 3.27. The zero-order valence-corrected chi connectivity index (χ0v) is 16.2. The molecule has 0 radical (unpaired) electrons. The van der Waals surface area contributed by atoms with Crippen molar-refractivity contribution in [3.63, 3.8) is 0 Å². The van der Waals surface area contributed by atoms with Crippen LogP contribution in [0.3, 0.4) is 0 Å². The third kappa shape index (κ3) is 3.57. The first kappa shape index (κ1) is 19.4. The Morgan fingerprint density at radius 3 is 2.29 bits per heavy atom. The van der Waals surface area contributed by atoms with Crippen molar-refractivity contribution in [3.05, 3.63) is 53.2 Å². The second kappa shape index (κ2) is 7.74. The summed E-state index contributed by atoms with van der Waals surface area (Å²) in [5, 5.41) is 10.4. The normalized spacial score (nSPS) is 10.8. The summed E-state index contributed by atoms with van der Waals surface area (Å²) in [7, 11) is 0. The summed E-state index contributed by atoms with van der Waals surface area (Å²) in [6.07, 6.45) is 0. The van der Waals surface area contributed by atoms with Gasteiger partial charge in [-0.1, -0.05) is 17.7 Å². The Hall–Kier alpha value is -3.32. The molecule has 0 saturated heterocycles. The number of hydrogen-bond acceptors (Lipinski definition) is 6. The molecule has 7 nitrogen and oxygen atoms in total. The van der Waals surface area contributed by atoms with Crippen LogP contribution >= 0.6 is 0 Å². The number of aromatic nitrogens is 1. The van der Waals surface area contributed by atoms with Gasteiger partial charge in [-0.15, -0.1) is 0 Å². The molecule has 2 N–H and O–H groups in total. The van der Waals surface area contributed by atoms with Gasteiger partial charge in [-0.3, -0.25) is 20.3 Å². The van der Waals surface area contributed by atoms with Crippen LogP contribution in [0.2, 0.25) is 0 Å². The van der Waals surface area contributed by atoms with Crippen LogP contribution in [0.4, 0.5) is 5.69 Å². The van der Waals surface area contributed by atoms with Gasteiger partial charge in [0.05, 0.1) is 16.8 Å². The number of benzene rings is 2. The standard InChI is InChI=1S/C21H22N2O5/c1-12-5-7-16(8-6-12)23-13(2)20(22-26)17-9-10-19(28-15(4)25)18(21(17)23)11-27-14(3)24/h5-10,22,26H,11H2,1-4H3. The summed E-state index contributed by atoms with van der Waals surface area (Å²) in [5.41, 5.74) is 6.72. The molecule has 7 heteroatoms. The molecule has 0 amide bonds. The maximum Gasteiger partial charge on any atom is 0.308 e. The number of aryl methyl sites for hydroxylation is 1. The van der Waals surface area contributed by atoms with Crippen molar-refractivity contribution in [1.82, 2.24) is 4.57 Å². The monoisotopic (exact) mass is 382 g/mol. The van der Waals surface area contributed by atoms with E-state index in [0.29, 0.717) is 27.9 Å². The van der Waals surface area contributed by atoms with Crippen LogP contribution in [-0.2, 0) is 20.9 Å². The van der Waals surface area contributed by atoms with Gasteiger partial charge in [-0.2, -0.15) is 0 Å². The smallest absolute Gasteiger partial charge is 0.308 e. The minimum atomic E-state index is -0.478. The molecule has 3 aromatic rings. The van der Waals surface area contributed by atoms with E-state index in [4.69, 9.17) is 9.47 Å². The van der Waals surface area contributed by atoms with Gasteiger partial charge >= 0.3 is 11.9 Å². The number of nitrogens with one attached hydrogen (secondary N) is 1. The van der Waals surface area contributed by atoms with Gasteiger partial charge in [0.15, 0.2) is 0 Å². The van der Waals surface area contributed by atoms with Crippen molar-refractivity contribution in [1.29, 1.82) is 0 Å². The number of hydrogen-bond donors (Lipinski definition) is 2. The van der Waals surface area contributed by atoms with Gasteiger partial charge in [0, 0.05) is 30.6 Å². The van der Waals surface area contributed by atoms with E-state index >= 15 is 0 Å². The highest BCUT2D eigenvalue weighted by Crippen LogP contribution is 2.39. The summed E-state index contributed by atoms with van der Waals surface area (Å²) < 4.78 is 12.5. The zero-order chi connectivity index (χ0) is 20.4. The lowest BCUT2D eigenvalue weighted by atomic mass is 10.1. The Balaban J connectivity index is 2.36. The van der Waals surface area contributed by atoms with Crippen LogP contribution < -0.4 is 10.2 Å². The fourth-order valence-corrected chi connectivity index (χ4v) is 3.27. The Kier molecular flexibility index (Phi) is 5.37. The number of rotatable bonds is 5. The van der Waals surface area contributed by atoms with Gasteiger partial charge in [-0.25, -0.2) is 0 Å². The van der Waals surface area contributed by atoms with Crippen molar-refractivity contribution in [2.24, 2.45) is 0 Å². The SMILES string of the molecule is CC(=O)OCc1c(OC(C)=O)ccc2c(NO)c(C)n(-c3ccc(C)cc3)c12. The Bertz CT molecular complexity index is 1050. The van der Waals surface area contributed by atoms with Crippen LogP contribution in [0.15, 0.2) is 36.4 Å². The molecule has 0 unspecified atom stereocenters. The van der Waals surface area contributed by atoms with Gasteiger partial charge in [-0.05, 0) is 38.1 Å². The van der Waals surface area contributed by atoms with Crippen LogP contribution in [-0.4, -0.2) is 21.7 Å². The maximum atomic E-state index is 11.6. The molecule has 0 saturated carbocycles. The Labute approximate surface area is 162 Å². The number of ether oxygens (including phenoxy) is 2. The molecule has 0 aliphatic heterocycles. The Morgan fingerprint density at radius 2 is 1.71 bits per heavy atom. The predicted octanol–water partition coefficient (Wildman–Crippen LogP) is 4.04. The number of fused-ring (bicyclic) bond motifs is 1. The Morgan fingerprint density at radius 1 is 1.04 bits per heavy atom. The van der Waals surface area contributed by atoms with E-state index in [1.807, 2.05) is 42.7 Å². The molecular weight excluding hydrogens is 360 g/mol. The minimum absolute atomic E-state index is 0.0739. The van der Waals surface area contributed by atoms with Crippen LogP contribution in [0.25, 0.3) is 16.6 Å². The quantitative estimate of drug-likeness (QED) is 0.393. The molecule has 1 heterocycles. The van der Waals surface area contributed by atoms with E-state index in [1.165, 1.54) is 13.8 Å². The van der Waals surface area contributed by atoms with Gasteiger partial charge in [0.2, 0.25) is 0 Å². The number of esters is 2. The molecule has 28 heavy (non-hydrogen) atoms. The second-order valence-electron chi connectivity index (χ2n) is 6.56. The number of anilines is 1. The van der Waals surface area contributed by atoms with Crippen LogP contribution in [0.1, 0.15) is 30.7 Å². The average Bonchev–Trinajstić information content (AvgIpc) is 2.92. The maximum absolute atomic E-state index is 11.6. The van der Waals surface area contributed by atoms with Crippen LogP contribution in [0, 0.1) is 13.8 Å². The van der Waals surface area contributed by atoms with Crippen molar-refractivity contribution in [2.75, 3.05) is 5.48 Å². The first-order valence-corrected chi connectivity index (χ1v) is 8.79. The molecule has 0 aliphatic rings. The number of nitrogens with zero attached hydrogens (tertiary/aromatic N) is 1. The average molecular weight is 382 g/mol. The molecule has 0 bridgehead atoms. The lowest BCUT2D eigenvalue weighted by Gasteiger charge is -2.15. The van der Waals surface area contributed by atoms with Gasteiger partial charge < -0.3 is 14.0 Å². The van der Waals surface area contributed by atoms with Crippen molar-refractivity contribution < 1.29 is 24.3 Å². The molecule has 0 spiro atoms. The number of carbonyl (C=O) groups is 2. The molecular formula is C21H22N2O5. The lowest BCUT2D eigenvalue weighted by Crippen LogP contribution is -2.08. The van der Waals surface area contributed by atoms with E-state index < -0.39 is 11.9 Å². The predicted molar refractivity (Wildman–Crippen MR) is 105 cm³/mol. The third-order valence-corrected chi connectivity index (χ3v) is 4.51. The molecule has 0 fully saturated rings. The number of carbonyl (C=O) groups excluding carboxylic acids is 2. The first-order chi connectivity index (χ1) is 13.3. The highest BCUT2D eigenvalue weighted by Gasteiger charge is 2.22. The molecule has 1 aromatic heterocycles. The van der Waals surface area contributed by atoms with E-state index in [1.54, 1.807) is 12.1 Å². The molecule has 146 valence electrons. The van der Waals surface area contributed by atoms with E-state index in [9.17, 15) is 14.8 Å². The summed E-state index contributed by atoms with van der Waals surface area (Å²) in [5.74, 6) is -0.623. The summed E-state index contributed by atoms with van der Waals surface area (Å²) in [4.78, 5) is 23.0. The topological polar surface area (TPSA) is 89.8 Å². The zero-order valence-electron chi connectivity index (χ0n) is 16.2. The van der Waals surface area contributed by atoms with E-state index in [-0.39, 0.29) is 6.61 Å². The minimum Gasteiger partial charge on any atom is -0.461 e. The third-order valence-electron chi connectivity index (χ3n) is 4.51. The molecule has 3 rings (SSSR count).